The molecule has 0 bridgehead atoms. The van der Waals surface area contributed by atoms with Crippen molar-refractivity contribution in [3.05, 3.63) is 23.2 Å². The van der Waals surface area contributed by atoms with E-state index >= 15 is 0 Å². The Morgan fingerprint density at radius 1 is 1.07 bits per heavy atom. The van der Waals surface area contributed by atoms with Crippen LogP contribution in [0.15, 0.2) is 17.6 Å². The molecule has 5 rings (SSSR count). The number of ether oxygens (including phenoxy) is 3. The molecule has 2 aliphatic heterocycles. The maximum atomic E-state index is 11.0. The van der Waals surface area contributed by atoms with E-state index in [4.69, 9.17) is 29.9 Å². The molecule has 0 saturated carbocycles. The molecule has 0 unspecified atom stereocenters. The summed E-state index contributed by atoms with van der Waals surface area (Å²) >= 11 is 5.17. The minimum Gasteiger partial charge on any atom is -0.480 e. The first-order valence-corrected chi connectivity index (χ1v) is 16.3. The Morgan fingerprint density at radius 2 is 1.70 bits per heavy atom. The molecule has 11 nitrogen and oxygen atoms in total. The summed E-state index contributed by atoms with van der Waals surface area (Å²) in [4.78, 5) is 31.7. The number of methoxy groups -OCH3 is 2. The van der Waals surface area contributed by atoms with Crippen molar-refractivity contribution in [2.75, 3.05) is 83.6 Å². The van der Waals surface area contributed by atoms with Gasteiger partial charge in [-0.1, -0.05) is 13.8 Å². The Bertz CT molecular complexity index is 1260. The summed E-state index contributed by atoms with van der Waals surface area (Å²) in [5.74, 6) is 1.10. The Morgan fingerprint density at radius 3 is 2.23 bits per heavy atom. The highest BCUT2D eigenvalue weighted by Crippen LogP contribution is 2.36. The molecule has 3 aromatic heterocycles. The number of hydrogen-bond donors (Lipinski definition) is 2. The highest BCUT2D eigenvalue weighted by Gasteiger charge is 2.23. The Hall–Kier alpha value is -2.71. The van der Waals surface area contributed by atoms with Gasteiger partial charge in [-0.3, -0.25) is 9.69 Å². The zero-order valence-corrected chi connectivity index (χ0v) is 28.6. The number of hydrogen-bond acceptors (Lipinski definition) is 12. The van der Waals surface area contributed by atoms with E-state index in [1.807, 2.05) is 45.6 Å². The molecule has 1 amide bonds. The van der Waals surface area contributed by atoms with Gasteiger partial charge in [-0.25, -0.2) is 15.0 Å². The number of anilines is 2. The molecule has 3 aromatic rings. The van der Waals surface area contributed by atoms with E-state index in [9.17, 15) is 4.79 Å². The van der Waals surface area contributed by atoms with E-state index in [1.165, 1.54) is 5.56 Å². The van der Waals surface area contributed by atoms with Gasteiger partial charge in [0.05, 0.1) is 47.5 Å². The summed E-state index contributed by atoms with van der Waals surface area (Å²) in [7, 11) is 3.26. The second kappa shape index (κ2) is 18.2. The van der Waals surface area contributed by atoms with Gasteiger partial charge in [0.25, 0.3) is 0 Å². The molecular formula is C30H49N7O4S2. The van der Waals surface area contributed by atoms with Gasteiger partial charge in [-0.15, -0.1) is 11.3 Å². The lowest BCUT2D eigenvalue weighted by Crippen LogP contribution is -2.45. The summed E-state index contributed by atoms with van der Waals surface area (Å²) in [6.45, 7) is 16.9. The van der Waals surface area contributed by atoms with Crippen molar-refractivity contribution >= 4 is 52.2 Å². The molecule has 2 N–H and O–H groups in total. The largest absolute Gasteiger partial charge is 0.480 e. The van der Waals surface area contributed by atoms with Crippen molar-refractivity contribution in [1.29, 1.82) is 0 Å². The number of carbonyl (C=O) groups excluding carboxylic acids is 1. The van der Waals surface area contributed by atoms with Crippen LogP contribution >= 0.6 is 24.0 Å². The summed E-state index contributed by atoms with van der Waals surface area (Å²) < 4.78 is 16.7. The number of nitrogens with zero attached hydrogens (tertiary/aromatic N) is 6. The SMILES string of the molecule is CC.COC(C)(C)C.COc1ncc(-c2nc(N3CCOCC3)nc3c(CN4CCN(C=O)CC4)csc23)cc1N.CS. The van der Waals surface area contributed by atoms with Crippen LogP contribution in [-0.4, -0.2) is 110 Å². The number of thiophene rings is 1. The standard InChI is InChI=1S/C22H27N7O3S.C5H12O.C2H6.CH4S/c1-31-21-17(23)10-15(11-24-21)18-20-19(26-22(25-18)29-6-8-32-9-7-29)16(13-33-20)12-27-2-4-28(14-30)5-3-27;1-5(2,3)6-4;2*1-2/h10-11,13-14H,2-9,12,23H2,1H3;1-4H3;1-2H3;2H,1H3. The van der Waals surface area contributed by atoms with Crippen LogP contribution in [0.2, 0.25) is 0 Å². The average molecular weight is 636 g/mol. The van der Waals surface area contributed by atoms with Crippen LogP contribution in [0.1, 0.15) is 40.2 Å². The molecule has 13 heteroatoms. The van der Waals surface area contributed by atoms with Gasteiger partial charge in [0.1, 0.15) is 0 Å². The third-order valence-corrected chi connectivity index (χ3v) is 7.70. The number of amides is 1. The molecule has 0 spiro atoms. The van der Waals surface area contributed by atoms with Crippen molar-refractivity contribution in [2.24, 2.45) is 0 Å². The lowest BCUT2D eigenvalue weighted by atomic mass is 10.1. The smallest absolute Gasteiger partial charge is 0.236 e. The van der Waals surface area contributed by atoms with E-state index in [0.717, 1.165) is 73.7 Å². The number of thiol groups is 1. The van der Waals surface area contributed by atoms with Crippen LogP contribution in [0.4, 0.5) is 11.6 Å². The van der Waals surface area contributed by atoms with E-state index in [-0.39, 0.29) is 5.60 Å². The lowest BCUT2D eigenvalue weighted by Gasteiger charge is -2.32. The van der Waals surface area contributed by atoms with Gasteiger partial charge in [0.15, 0.2) is 0 Å². The van der Waals surface area contributed by atoms with Crippen molar-refractivity contribution in [3.8, 4) is 17.1 Å². The Kier molecular flexibility index (Phi) is 15.4. The topological polar surface area (TPSA) is 119 Å². The fourth-order valence-electron chi connectivity index (χ4n) is 4.20. The monoisotopic (exact) mass is 635 g/mol. The zero-order valence-electron chi connectivity index (χ0n) is 26.9. The van der Waals surface area contributed by atoms with Crippen LogP contribution in [0, 0.1) is 0 Å². The third-order valence-electron chi connectivity index (χ3n) is 6.68. The summed E-state index contributed by atoms with van der Waals surface area (Å²) in [6.07, 6.45) is 4.37. The lowest BCUT2D eigenvalue weighted by molar-refractivity contribution is -0.119. The molecule has 43 heavy (non-hydrogen) atoms. The number of rotatable bonds is 6. The average Bonchev–Trinajstić information content (AvgIpc) is 3.45. The number of morpholine rings is 1. The van der Waals surface area contributed by atoms with E-state index in [2.05, 4.69) is 32.8 Å². The van der Waals surface area contributed by atoms with Crippen LogP contribution in [0.3, 0.4) is 0 Å². The summed E-state index contributed by atoms with van der Waals surface area (Å²) in [5.41, 5.74) is 10.5. The second-order valence-electron chi connectivity index (χ2n) is 10.5. The van der Waals surface area contributed by atoms with Crippen molar-refractivity contribution in [1.82, 2.24) is 24.8 Å². The first-order chi connectivity index (χ1) is 20.7. The van der Waals surface area contributed by atoms with Gasteiger partial charge < -0.3 is 29.7 Å². The summed E-state index contributed by atoms with van der Waals surface area (Å²) in [5, 5.41) is 2.17. The molecule has 2 fully saturated rings. The molecule has 2 saturated heterocycles. The maximum absolute atomic E-state index is 11.0. The van der Waals surface area contributed by atoms with Gasteiger partial charge in [-0.05, 0) is 38.5 Å². The normalized spacial score (nSPS) is 15.4. The van der Waals surface area contributed by atoms with Gasteiger partial charge in [0.2, 0.25) is 18.2 Å². The van der Waals surface area contributed by atoms with Crippen LogP contribution in [-0.2, 0) is 20.8 Å². The van der Waals surface area contributed by atoms with Crippen molar-refractivity contribution < 1.29 is 19.0 Å². The van der Waals surface area contributed by atoms with Crippen LogP contribution in [0.5, 0.6) is 5.88 Å². The number of nitrogens with two attached hydrogens (primary N) is 1. The summed E-state index contributed by atoms with van der Waals surface area (Å²) in [6, 6.07) is 1.86. The predicted molar refractivity (Wildman–Crippen MR) is 181 cm³/mol. The van der Waals surface area contributed by atoms with Crippen LogP contribution < -0.4 is 15.4 Å². The number of piperazine rings is 1. The number of aromatic nitrogens is 3. The minimum absolute atomic E-state index is 0.0417. The maximum Gasteiger partial charge on any atom is 0.236 e. The van der Waals surface area contributed by atoms with Gasteiger partial charge in [0, 0.05) is 70.2 Å². The second-order valence-corrected chi connectivity index (χ2v) is 11.3. The van der Waals surface area contributed by atoms with Crippen molar-refractivity contribution in [3.63, 3.8) is 0 Å². The Balaban J connectivity index is 0.000000570. The number of fused-ring (bicyclic) bond motifs is 1. The number of carbonyl (C=O) groups is 1. The molecule has 240 valence electrons. The number of nitrogen functional groups attached to an aromatic ring is 1. The van der Waals surface area contributed by atoms with E-state index in [1.54, 1.807) is 38.0 Å². The first kappa shape index (κ1) is 36.5. The molecule has 0 aliphatic carbocycles. The molecule has 0 atom stereocenters. The minimum atomic E-state index is 0.0417. The molecule has 2 aliphatic rings. The highest BCUT2D eigenvalue weighted by molar-refractivity contribution is 7.79. The van der Waals surface area contributed by atoms with Gasteiger partial charge in [-0.2, -0.15) is 12.6 Å². The Labute approximate surface area is 266 Å². The van der Waals surface area contributed by atoms with E-state index < -0.39 is 0 Å². The van der Waals surface area contributed by atoms with Crippen LogP contribution in [0.25, 0.3) is 21.5 Å². The highest BCUT2D eigenvalue weighted by atomic mass is 32.1. The number of pyridine rings is 1. The fourth-order valence-corrected chi connectivity index (χ4v) is 5.21. The quantitative estimate of drug-likeness (QED) is 0.297. The van der Waals surface area contributed by atoms with Gasteiger partial charge >= 0.3 is 0 Å². The third kappa shape index (κ3) is 10.5. The molecule has 0 aromatic carbocycles. The predicted octanol–water partition coefficient (Wildman–Crippen LogP) is 4.46. The molecular weight excluding hydrogens is 587 g/mol. The van der Waals surface area contributed by atoms with Crippen molar-refractivity contribution in [2.45, 2.75) is 46.8 Å². The fraction of sp³-hybridized carbons (Fsp3) is 0.600. The first-order valence-electron chi connectivity index (χ1n) is 14.5. The zero-order chi connectivity index (χ0) is 32.0. The molecule has 0 radical (unpaired) electrons. The van der Waals surface area contributed by atoms with E-state index in [0.29, 0.717) is 30.7 Å². The molecule has 5 heterocycles.